The van der Waals surface area contributed by atoms with Gasteiger partial charge in [-0.15, -0.1) is 0 Å². The summed E-state index contributed by atoms with van der Waals surface area (Å²) in [6, 6.07) is 11.0. The minimum absolute atomic E-state index is 0.0207. The van der Waals surface area contributed by atoms with Gasteiger partial charge >= 0.3 is 0 Å². The number of nitrogens with one attached hydrogen (secondary N) is 1. The van der Waals surface area contributed by atoms with Gasteiger partial charge < -0.3 is 15.0 Å². The largest absolute Gasteiger partial charge is 0.496 e. The van der Waals surface area contributed by atoms with Crippen LogP contribution in [0.4, 0.5) is 11.4 Å². The van der Waals surface area contributed by atoms with Crippen LogP contribution in [-0.2, 0) is 4.79 Å². The number of aryl methyl sites for hydroxylation is 1. The molecule has 0 bridgehead atoms. The number of carbonyl (C=O) groups is 2. The van der Waals surface area contributed by atoms with Crippen molar-refractivity contribution in [1.82, 2.24) is 4.90 Å². The normalized spacial score (nSPS) is 10.1. The van der Waals surface area contributed by atoms with E-state index in [1.54, 1.807) is 12.1 Å². The summed E-state index contributed by atoms with van der Waals surface area (Å²) in [5, 5.41) is 13.6. The molecule has 0 fully saturated rings. The molecule has 1 N–H and O–H groups in total. The molecule has 26 heavy (non-hydrogen) atoms. The molecule has 0 aromatic heterocycles. The number of nitrogens with zero attached hydrogens (tertiary/aromatic N) is 2. The van der Waals surface area contributed by atoms with E-state index >= 15 is 0 Å². The first-order valence-corrected chi connectivity index (χ1v) is 7.76. The average molecular weight is 357 g/mol. The fraction of sp³-hybridized carbons (Fsp3) is 0.222. The summed E-state index contributed by atoms with van der Waals surface area (Å²) >= 11 is 0. The van der Waals surface area contributed by atoms with Crippen LogP contribution < -0.4 is 10.1 Å². The van der Waals surface area contributed by atoms with E-state index in [0.717, 1.165) is 11.6 Å². The Morgan fingerprint density at radius 1 is 1.19 bits per heavy atom. The topological polar surface area (TPSA) is 102 Å². The smallest absolute Gasteiger partial charge is 0.270 e. The molecule has 8 nitrogen and oxygen atoms in total. The van der Waals surface area contributed by atoms with Gasteiger partial charge in [0.1, 0.15) is 5.75 Å². The van der Waals surface area contributed by atoms with Crippen molar-refractivity contribution in [1.29, 1.82) is 0 Å². The third-order valence-corrected chi connectivity index (χ3v) is 3.69. The van der Waals surface area contributed by atoms with Crippen molar-refractivity contribution in [2.24, 2.45) is 0 Å². The van der Waals surface area contributed by atoms with Crippen LogP contribution >= 0.6 is 0 Å². The number of likely N-dealkylation sites (N-methyl/N-ethyl adjacent to an activating group) is 1. The van der Waals surface area contributed by atoms with E-state index in [9.17, 15) is 19.7 Å². The molecule has 2 amide bonds. The number of hydrogen-bond acceptors (Lipinski definition) is 5. The molecule has 0 unspecified atom stereocenters. The van der Waals surface area contributed by atoms with Crippen LogP contribution in [-0.4, -0.2) is 42.3 Å². The van der Waals surface area contributed by atoms with Crippen LogP contribution in [0.1, 0.15) is 15.9 Å². The minimum atomic E-state index is -0.597. The Kier molecular flexibility index (Phi) is 5.90. The summed E-state index contributed by atoms with van der Waals surface area (Å²) in [6.45, 7) is 1.73. The summed E-state index contributed by atoms with van der Waals surface area (Å²) in [4.78, 5) is 36.2. The first kappa shape index (κ1) is 18.9. The van der Waals surface area contributed by atoms with E-state index in [4.69, 9.17) is 4.74 Å². The summed E-state index contributed by atoms with van der Waals surface area (Å²) in [6.07, 6.45) is 0. The summed E-state index contributed by atoms with van der Waals surface area (Å²) in [5.74, 6) is -0.731. The van der Waals surface area contributed by atoms with Crippen LogP contribution in [0.25, 0.3) is 0 Å². The molecular weight excluding hydrogens is 338 g/mol. The van der Waals surface area contributed by atoms with Crippen LogP contribution in [0, 0.1) is 17.0 Å². The van der Waals surface area contributed by atoms with Crippen LogP contribution in [0.15, 0.2) is 42.5 Å². The predicted molar refractivity (Wildman–Crippen MR) is 96.4 cm³/mol. The Labute approximate surface area is 150 Å². The van der Waals surface area contributed by atoms with E-state index in [1.807, 2.05) is 19.1 Å². The van der Waals surface area contributed by atoms with Gasteiger partial charge in [0.25, 0.3) is 11.6 Å². The van der Waals surface area contributed by atoms with Crippen molar-refractivity contribution in [3.63, 3.8) is 0 Å². The lowest BCUT2D eigenvalue weighted by Crippen LogP contribution is -2.35. The van der Waals surface area contributed by atoms with E-state index in [-0.39, 0.29) is 29.5 Å². The van der Waals surface area contributed by atoms with Gasteiger partial charge in [-0.25, -0.2) is 0 Å². The Hall–Kier alpha value is -3.42. The molecular formula is C18H19N3O5. The number of amides is 2. The number of ether oxygens (including phenoxy) is 1. The molecule has 2 aromatic carbocycles. The molecule has 0 aliphatic rings. The van der Waals surface area contributed by atoms with Gasteiger partial charge in [-0.2, -0.15) is 0 Å². The van der Waals surface area contributed by atoms with Gasteiger partial charge in [-0.3, -0.25) is 19.7 Å². The van der Waals surface area contributed by atoms with Crippen molar-refractivity contribution in [2.75, 3.05) is 26.0 Å². The van der Waals surface area contributed by atoms with Gasteiger partial charge in [-0.1, -0.05) is 17.7 Å². The zero-order valence-corrected chi connectivity index (χ0v) is 14.7. The first-order chi connectivity index (χ1) is 12.3. The van der Waals surface area contributed by atoms with Crippen molar-refractivity contribution in [3.8, 4) is 5.75 Å². The summed E-state index contributed by atoms with van der Waals surface area (Å²) < 4.78 is 5.09. The number of anilines is 1. The molecule has 0 saturated heterocycles. The molecule has 0 aliphatic carbocycles. The lowest BCUT2D eigenvalue weighted by atomic mass is 10.1. The molecule has 0 atom stereocenters. The second kappa shape index (κ2) is 8.11. The molecule has 0 heterocycles. The van der Waals surface area contributed by atoms with E-state index < -0.39 is 10.8 Å². The molecule has 0 radical (unpaired) electrons. The number of hydrogen-bond donors (Lipinski definition) is 1. The molecule has 8 heteroatoms. The van der Waals surface area contributed by atoms with Gasteiger partial charge in [0.15, 0.2) is 0 Å². The fourth-order valence-corrected chi connectivity index (χ4v) is 2.31. The van der Waals surface area contributed by atoms with Crippen LogP contribution in [0.5, 0.6) is 5.75 Å². The van der Waals surface area contributed by atoms with Crippen molar-refractivity contribution in [2.45, 2.75) is 6.92 Å². The Morgan fingerprint density at radius 3 is 2.42 bits per heavy atom. The predicted octanol–water partition coefficient (Wildman–Crippen LogP) is 2.62. The maximum atomic E-state index is 12.6. The second-order valence-electron chi connectivity index (χ2n) is 5.72. The Balaban J connectivity index is 2.11. The molecule has 2 rings (SSSR count). The zero-order valence-electron chi connectivity index (χ0n) is 14.7. The average Bonchev–Trinajstić information content (AvgIpc) is 2.62. The number of non-ortho nitro benzene ring substituents is 1. The molecule has 0 aliphatic heterocycles. The third-order valence-electron chi connectivity index (χ3n) is 3.69. The van der Waals surface area contributed by atoms with Crippen molar-refractivity contribution in [3.05, 3.63) is 63.7 Å². The number of nitro benzene ring substituents is 1. The highest BCUT2D eigenvalue weighted by atomic mass is 16.6. The lowest BCUT2D eigenvalue weighted by Gasteiger charge is -2.18. The third kappa shape index (κ3) is 4.56. The van der Waals surface area contributed by atoms with Crippen molar-refractivity contribution < 1.29 is 19.2 Å². The highest BCUT2D eigenvalue weighted by Gasteiger charge is 2.22. The highest BCUT2D eigenvalue weighted by Crippen LogP contribution is 2.25. The second-order valence-corrected chi connectivity index (χ2v) is 5.72. The fourth-order valence-electron chi connectivity index (χ4n) is 2.31. The highest BCUT2D eigenvalue weighted by molar-refractivity contribution is 6.01. The van der Waals surface area contributed by atoms with Crippen LogP contribution in [0.2, 0.25) is 0 Å². The van der Waals surface area contributed by atoms with E-state index in [2.05, 4.69) is 5.32 Å². The minimum Gasteiger partial charge on any atom is -0.496 e. The van der Waals surface area contributed by atoms with Crippen LogP contribution in [0.3, 0.4) is 0 Å². The molecule has 136 valence electrons. The Morgan fingerprint density at radius 2 is 1.85 bits per heavy atom. The number of carbonyl (C=O) groups excluding carboxylic acids is 2. The van der Waals surface area contributed by atoms with Gasteiger partial charge in [0, 0.05) is 24.9 Å². The van der Waals surface area contributed by atoms with Gasteiger partial charge in [0.2, 0.25) is 5.91 Å². The van der Waals surface area contributed by atoms with E-state index in [1.165, 1.54) is 31.2 Å². The first-order valence-electron chi connectivity index (χ1n) is 7.76. The Bertz CT molecular complexity index is 833. The van der Waals surface area contributed by atoms with Crippen molar-refractivity contribution >= 4 is 23.2 Å². The monoisotopic (exact) mass is 357 g/mol. The van der Waals surface area contributed by atoms with Gasteiger partial charge in [-0.05, 0) is 25.1 Å². The molecule has 0 saturated carbocycles. The molecule has 0 spiro atoms. The number of rotatable bonds is 6. The number of methoxy groups -OCH3 is 1. The van der Waals surface area contributed by atoms with Gasteiger partial charge in [0.05, 0.1) is 24.1 Å². The maximum absolute atomic E-state index is 12.6. The van der Waals surface area contributed by atoms with E-state index in [0.29, 0.717) is 5.69 Å². The molecule has 2 aromatic rings. The quantitative estimate of drug-likeness (QED) is 0.632. The zero-order chi connectivity index (χ0) is 19.3. The summed E-state index contributed by atoms with van der Waals surface area (Å²) in [5.41, 5.74) is 1.47. The standard InChI is InChI=1S/C18H19N3O5/c1-12-4-6-13(7-5-12)19-17(22)11-20(2)18(23)15-10-14(21(24)25)8-9-16(15)26-3/h4-10H,11H2,1-3H3,(H,19,22). The number of benzene rings is 2. The lowest BCUT2D eigenvalue weighted by molar-refractivity contribution is -0.384. The number of nitro groups is 1. The maximum Gasteiger partial charge on any atom is 0.270 e. The summed E-state index contributed by atoms with van der Waals surface area (Å²) in [7, 11) is 2.80. The SMILES string of the molecule is COc1ccc([N+](=O)[O-])cc1C(=O)N(C)CC(=O)Nc1ccc(C)cc1.